The number of aryl methyl sites for hydroxylation is 1. The Morgan fingerprint density at radius 2 is 1.96 bits per heavy atom. The molecule has 1 saturated heterocycles. The minimum atomic E-state index is -0.544. The molecule has 0 atom stereocenters. The number of halogens is 1. The fraction of sp³-hybridized carbons (Fsp3) is 0.450. The van der Waals surface area contributed by atoms with E-state index in [-0.39, 0.29) is 24.4 Å². The van der Waals surface area contributed by atoms with Gasteiger partial charge in [0.2, 0.25) is 5.91 Å². The summed E-state index contributed by atoms with van der Waals surface area (Å²) in [5.74, 6) is -0.0590. The molecule has 1 amide bonds. The molecule has 1 aliphatic rings. The summed E-state index contributed by atoms with van der Waals surface area (Å²) in [6.45, 7) is 4.12. The molecule has 1 aromatic carbocycles. The van der Waals surface area contributed by atoms with Gasteiger partial charge in [0.1, 0.15) is 17.4 Å². The third-order valence-electron chi connectivity index (χ3n) is 5.02. The quantitative estimate of drug-likeness (QED) is 0.572. The van der Waals surface area contributed by atoms with Crippen LogP contribution in [0, 0.1) is 6.92 Å². The fourth-order valence-electron chi connectivity index (χ4n) is 3.47. The molecule has 0 N–H and O–H groups in total. The lowest BCUT2D eigenvalue weighted by molar-refractivity contribution is -0.149. The highest BCUT2D eigenvalue weighted by atomic mass is 35.5. The second kappa shape index (κ2) is 8.22. The van der Waals surface area contributed by atoms with Crippen LogP contribution in [0.2, 0.25) is 5.02 Å². The molecule has 0 radical (unpaired) electrons. The van der Waals surface area contributed by atoms with E-state index in [0.717, 1.165) is 0 Å². The summed E-state index contributed by atoms with van der Waals surface area (Å²) in [6, 6.07) is 3.24. The number of fused-ring (bicyclic) bond motifs is 1. The van der Waals surface area contributed by atoms with Crippen LogP contribution >= 0.6 is 11.6 Å². The zero-order valence-corrected chi connectivity index (χ0v) is 16.8. The van der Waals surface area contributed by atoms with E-state index in [1.54, 1.807) is 24.0 Å². The van der Waals surface area contributed by atoms with Gasteiger partial charge < -0.3 is 18.8 Å². The molecule has 2 heterocycles. The Morgan fingerprint density at radius 1 is 1.29 bits per heavy atom. The van der Waals surface area contributed by atoms with Crippen molar-refractivity contribution in [2.45, 2.75) is 39.2 Å². The number of methoxy groups -OCH3 is 1. The third kappa shape index (κ3) is 4.14. The Hall–Kier alpha value is -2.54. The third-order valence-corrected chi connectivity index (χ3v) is 5.31. The lowest BCUT2D eigenvalue weighted by Gasteiger charge is -2.31. The van der Waals surface area contributed by atoms with E-state index in [1.807, 2.05) is 0 Å². The minimum Gasteiger partial charge on any atom is -0.495 e. The van der Waals surface area contributed by atoms with Crippen molar-refractivity contribution >= 4 is 34.4 Å². The van der Waals surface area contributed by atoms with E-state index in [0.29, 0.717) is 58.8 Å². The molecule has 0 spiro atoms. The highest BCUT2D eigenvalue weighted by Crippen LogP contribution is 2.31. The van der Waals surface area contributed by atoms with Crippen LogP contribution in [0.25, 0.3) is 11.0 Å². The van der Waals surface area contributed by atoms with E-state index in [2.05, 4.69) is 0 Å². The Balaban J connectivity index is 1.80. The van der Waals surface area contributed by atoms with Crippen LogP contribution in [0.4, 0.5) is 0 Å². The van der Waals surface area contributed by atoms with Gasteiger partial charge in [-0.25, -0.2) is 4.79 Å². The molecule has 0 aliphatic carbocycles. The molecule has 0 unspecified atom stereocenters. The number of rotatable bonds is 4. The molecule has 0 saturated carbocycles. The topological polar surface area (TPSA) is 86.1 Å². The Kier molecular flexibility index (Phi) is 5.93. The number of esters is 1. The molecular formula is C20H22ClNO6. The number of carbonyl (C=O) groups excluding carboxylic acids is 2. The van der Waals surface area contributed by atoms with Crippen LogP contribution in [-0.4, -0.2) is 43.1 Å². The number of carbonyl (C=O) groups is 2. The summed E-state index contributed by atoms with van der Waals surface area (Å²) in [5.41, 5.74) is 0.805. The molecule has 150 valence electrons. The number of hydrogen-bond acceptors (Lipinski definition) is 6. The zero-order valence-electron chi connectivity index (χ0n) is 16.0. The second-order valence-electron chi connectivity index (χ2n) is 6.84. The van der Waals surface area contributed by atoms with Crippen LogP contribution in [0.1, 0.15) is 30.9 Å². The summed E-state index contributed by atoms with van der Waals surface area (Å²) in [6.07, 6.45) is 0.968. The maximum atomic E-state index is 12.7. The maximum absolute atomic E-state index is 12.7. The number of nitrogens with zero attached hydrogens (tertiary/aromatic N) is 1. The van der Waals surface area contributed by atoms with Gasteiger partial charge in [0.25, 0.3) is 0 Å². The number of likely N-dealkylation sites (tertiary alicyclic amines) is 1. The first kappa shape index (κ1) is 20.2. The largest absolute Gasteiger partial charge is 0.495 e. The predicted octanol–water partition coefficient (Wildman–Crippen LogP) is 2.86. The second-order valence-corrected chi connectivity index (χ2v) is 7.25. The smallest absolute Gasteiger partial charge is 0.340 e. The Labute approximate surface area is 167 Å². The summed E-state index contributed by atoms with van der Waals surface area (Å²) in [4.78, 5) is 37.9. The van der Waals surface area contributed by atoms with Crippen molar-refractivity contribution in [2.75, 3.05) is 20.2 Å². The van der Waals surface area contributed by atoms with E-state index in [1.165, 1.54) is 14.0 Å². The fourth-order valence-corrected chi connectivity index (χ4v) is 3.71. The lowest BCUT2D eigenvalue weighted by Crippen LogP contribution is -2.42. The van der Waals surface area contributed by atoms with Crippen molar-refractivity contribution in [3.05, 3.63) is 38.7 Å². The molecule has 1 aromatic heterocycles. The van der Waals surface area contributed by atoms with Crippen LogP contribution in [0.5, 0.6) is 5.75 Å². The zero-order chi connectivity index (χ0) is 20.4. The van der Waals surface area contributed by atoms with Crippen LogP contribution in [0.15, 0.2) is 21.3 Å². The van der Waals surface area contributed by atoms with Gasteiger partial charge in [-0.1, -0.05) is 11.6 Å². The molecule has 2 aromatic rings. The number of piperidine rings is 1. The lowest BCUT2D eigenvalue weighted by atomic mass is 10.0. The van der Waals surface area contributed by atoms with Gasteiger partial charge >= 0.3 is 11.6 Å². The van der Waals surface area contributed by atoms with E-state index >= 15 is 0 Å². The van der Waals surface area contributed by atoms with Crippen LogP contribution in [-0.2, 0) is 20.7 Å². The van der Waals surface area contributed by atoms with Crippen molar-refractivity contribution in [3.63, 3.8) is 0 Å². The summed E-state index contributed by atoms with van der Waals surface area (Å²) < 4.78 is 15.7. The first-order valence-corrected chi connectivity index (χ1v) is 9.42. The predicted molar refractivity (Wildman–Crippen MR) is 104 cm³/mol. The molecule has 28 heavy (non-hydrogen) atoms. The number of amides is 1. The van der Waals surface area contributed by atoms with Crippen molar-refractivity contribution in [3.8, 4) is 5.75 Å². The molecule has 0 bridgehead atoms. The standard InChI is InChI=1S/C20H22ClNO6/c1-11-14-8-16(21)18(26-3)10-17(14)28-20(25)15(11)9-19(24)22-6-4-13(5-7-22)27-12(2)23/h8,10,13H,4-7,9H2,1-3H3. The maximum Gasteiger partial charge on any atom is 0.340 e. The number of ether oxygens (including phenoxy) is 2. The first-order chi connectivity index (χ1) is 13.3. The number of hydrogen-bond donors (Lipinski definition) is 0. The van der Waals surface area contributed by atoms with Crippen LogP contribution < -0.4 is 10.4 Å². The van der Waals surface area contributed by atoms with Gasteiger partial charge in [-0.3, -0.25) is 9.59 Å². The van der Waals surface area contributed by atoms with Crippen molar-refractivity contribution in [2.24, 2.45) is 0 Å². The molecule has 3 rings (SSSR count). The van der Waals surface area contributed by atoms with Gasteiger partial charge in [0, 0.05) is 44.3 Å². The average Bonchev–Trinajstić information content (AvgIpc) is 2.65. The summed E-state index contributed by atoms with van der Waals surface area (Å²) in [7, 11) is 1.48. The van der Waals surface area contributed by atoms with Gasteiger partial charge in [-0.2, -0.15) is 0 Å². The van der Waals surface area contributed by atoms with Crippen molar-refractivity contribution < 1.29 is 23.5 Å². The van der Waals surface area contributed by atoms with E-state index in [9.17, 15) is 14.4 Å². The number of benzene rings is 1. The van der Waals surface area contributed by atoms with Gasteiger partial charge in [0.15, 0.2) is 0 Å². The van der Waals surface area contributed by atoms with E-state index in [4.69, 9.17) is 25.5 Å². The SMILES string of the molecule is COc1cc2oc(=O)c(CC(=O)N3CCC(OC(C)=O)CC3)c(C)c2cc1Cl. The molecule has 7 nitrogen and oxygen atoms in total. The highest BCUT2D eigenvalue weighted by molar-refractivity contribution is 6.32. The van der Waals surface area contributed by atoms with Gasteiger partial charge in [-0.15, -0.1) is 0 Å². The molecular weight excluding hydrogens is 386 g/mol. The van der Waals surface area contributed by atoms with Crippen molar-refractivity contribution in [1.82, 2.24) is 4.90 Å². The monoisotopic (exact) mass is 407 g/mol. The van der Waals surface area contributed by atoms with Crippen molar-refractivity contribution in [1.29, 1.82) is 0 Å². The Morgan fingerprint density at radius 3 is 2.57 bits per heavy atom. The Bertz CT molecular complexity index is 975. The molecule has 8 heteroatoms. The average molecular weight is 408 g/mol. The summed E-state index contributed by atoms with van der Waals surface area (Å²) in [5, 5.41) is 1.07. The molecule has 1 aliphatic heterocycles. The van der Waals surface area contributed by atoms with Crippen LogP contribution in [0.3, 0.4) is 0 Å². The van der Waals surface area contributed by atoms with E-state index < -0.39 is 5.63 Å². The van der Waals surface area contributed by atoms with Gasteiger partial charge in [-0.05, 0) is 18.6 Å². The minimum absolute atomic E-state index is 0.0496. The first-order valence-electron chi connectivity index (χ1n) is 9.05. The van der Waals surface area contributed by atoms with Gasteiger partial charge in [0.05, 0.1) is 24.1 Å². The summed E-state index contributed by atoms with van der Waals surface area (Å²) >= 11 is 6.19. The normalized spacial score (nSPS) is 14.9. The molecule has 1 fully saturated rings. The highest BCUT2D eigenvalue weighted by Gasteiger charge is 2.26.